The molecule has 4 heteroatoms. The molecule has 1 atom stereocenters. The van der Waals surface area contributed by atoms with Crippen LogP contribution in [0.1, 0.15) is 24.9 Å². The molecule has 1 N–H and O–H groups in total. The van der Waals surface area contributed by atoms with Gasteiger partial charge in [-0.05, 0) is 43.8 Å². The van der Waals surface area contributed by atoms with Gasteiger partial charge in [-0.15, -0.1) is 6.58 Å². The maximum absolute atomic E-state index is 8.93. The van der Waals surface area contributed by atoms with E-state index < -0.39 is 0 Å². The molecule has 0 aliphatic rings. The molecular weight excluding hydrogens is 230 g/mol. The van der Waals surface area contributed by atoms with Crippen LogP contribution in [0.4, 0.5) is 0 Å². The number of allylic oxidation sites excluding steroid dienone is 1. The van der Waals surface area contributed by atoms with Crippen molar-refractivity contribution in [3.8, 4) is 6.07 Å². The minimum Gasteiger partial charge on any atom is -0.331 e. The summed E-state index contributed by atoms with van der Waals surface area (Å²) in [5.41, 5.74) is 2.58. The lowest BCUT2D eigenvalue weighted by molar-refractivity contribution is 0.564. The molecule has 2 rings (SSSR count). The van der Waals surface area contributed by atoms with E-state index in [9.17, 15) is 0 Å². The summed E-state index contributed by atoms with van der Waals surface area (Å²) in [6.07, 6.45) is 2.72. The number of benzene rings is 1. The molecule has 0 fully saturated rings. The zero-order valence-electron chi connectivity index (χ0n) is 9.60. The molecule has 1 unspecified atom stereocenters. The second-order valence-electron chi connectivity index (χ2n) is 4.02. The van der Waals surface area contributed by atoms with Gasteiger partial charge in [-0.1, -0.05) is 6.08 Å². The molecule has 86 valence electrons. The van der Waals surface area contributed by atoms with E-state index in [0.717, 1.165) is 17.5 Å². The number of aromatic amines is 1. The quantitative estimate of drug-likeness (QED) is 0.659. The summed E-state index contributed by atoms with van der Waals surface area (Å²) in [5.74, 6) is 0. The third-order valence-corrected chi connectivity index (χ3v) is 3.09. The lowest BCUT2D eigenvalue weighted by atomic mass is 10.2. The van der Waals surface area contributed by atoms with Gasteiger partial charge in [0.2, 0.25) is 0 Å². The van der Waals surface area contributed by atoms with Gasteiger partial charge in [-0.3, -0.25) is 0 Å². The van der Waals surface area contributed by atoms with E-state index in [4.69, 9.17) is 17.5 Å². The van der Waals surface area contributed by atoms with Crippen LogP contribution >= 0.6 is 12.2 Å². The zero-order valence-corrected chi connectivity index (χ0v) is 10.4. The van der Waals surface area contributed by atoms with Crippen LogP contribution in [-0.4, -0.2) is 9.55 Å². The molecule has 0 aliphatic carbocycles. The Morgan fingerprint density at radius 3 is 3.06 bits per heavy atom. The van der Waals surface area contributed by atoms with Gasteiger partial charge in [0.1, 0.15) is 0 Å². The van der Waals surface area contributed by atoms with Crippen LogP contribution < -0.4 is 0 Å². The van der Waals surface area contributed by atoms with Crippen LogP contribution in [0.25, 0.3) is 11.0 Å². The van der Waals surface area contributed by atoms with E-state index in [-0.39, 0.29) is 6.04 Å². The molecule has 1 heterocycles. The topological polar surface area (TPSA) is 44.5 Å². The largest absolute Gasteiger partial charge is 0.331 e. The van der Waals surface area contributed by atoms with Crippen molar-refractivity contribution in [3.63, 3.8) is 0 Å². The van der Waals surface area contributed by atoms with E-state index in [1.54, 1.807) is 6.07 Å². The molecule has 17 heavy (non-hydrogen) atoms. The number of nitriles is 1. The summed E-state index contributed by atoms with van der Waals surface area (Å²) in [6.45, 7) is 5.83. The van der Waals surface area contributed by atoms with Crippen LogP contribution in [0.3, 0.4) is 0 Å². The Bertz CT molecular complexity index is 657. The number of aromatic nitrogens is 2. The molecular formula is C13H13N3S. The Morgan fingerprint density at radius 2 is 2.41 bits per heavy atom. The number of fused-ring (bicyclic) bond motifs is 1. The highest BCUT2D eigenvalue weighted by atomic mass is 32.1. The van der Waals surface area contributed by atoms with Gasteiger partial charge in [0.05, 0.1) is 22.7 Å². The van der Waals surface area contributed by atoms with Crippen molar-refractivity contribution in [2.24, 2.45) is 0 Å². The molecule has 3 nitrogen and oxygen atoms in total. The second-order valence-corrected chi connectivity index (χ2v) is 4.40. The SMILES string of the molecule is C=CCC(C)n1c(=S)[nH]c2ccc(C#N)cc21. The number of nitrogens with one attached hydrogen (secondary N) is 1. The zero-order chi connectivity index (χ0) is 12.4. The van der Waals surface area contributed by atoms with Gasteiger partial charge in [0.25, 0.3) is 0 Å². The maximum atomic E-state index is 8.93. The van der Waals surface area contributed by atoms with Gasteiger partial charge in [0.15, 0.2) is 4.77 Å². The maximum Gasteiger partial charge on any atom is 0.178 e. The predicted molar refractivity (Wildman–Crippen MR) is 71.4 cm³/mol. The molecule has 0 amide bonds. The summed E-state index contributed by atoms with van der Waals surface area (Å²) in [7, 11) is 0. The average Bonchev–Trinajstić information content (AvgIpc) is 2.64. The van der Waals surface area contributed by atoms with Gasteiger partial charge in [0, 0.05) is 6.04 Å². The highest BCUT2D eigenvalue weighted by Gasteiger charge is 2.10. The number of nitrogens with zero attached hydrogens (tertiary/aromatic N) is 2. The van der Waals surface area contributed by atoms with Crippen LogP contribution in [-0.2, 0) is 0 Å². The molecule has 1 aromatic carbocycles. The van der Waals surface area contributed by atoms with E-state index in [1.165, 1.54) is 0 Å². The number of hydrogen-bond acceptors (Lipinski definition) is 2. The van der Waals surface area contributed by atoms with Crippen LogP contribution in [0.5, 0.6) is 0 Å². The van der Waals surface area contributed by atoms with Crippen molar-refractivity contribution in [2.45, 2.75) is 19.4 Å². The highest BCUT2D eigenvalue weighted by Crippen LogP contribution is 2.22. The fraction of sp³-hybridized carbons (Fsp3) is 0.231. The summed E-state index contributed by atoms with van der Waals surface area (Å²) in [5, 5.41) is 8.93. The van der Waals surface area contributed by atoms with Crippen LogP contribution in [0.15, 0.2) is 30.9 Å². The van der Waals surface area contributed by atoms with Crippen molar-refractivity contribution in [1.82, 2.24) is 9.55 Å². The fourth-order valence-corrected chi connectivity index (χ4v) is 2.36. The van der Waals surface area contributed by atoms with Crippen molar-refractivity contribution >= 4 is 23.3 Å². The first-order chi connectivity index (χ1) is 8.17. The van der Waals surface area contributed by atoms with Gasteiger partial charge in [-0.2, -0.15) is 5.26 Å². The third kappa shape index (κ3) is 2.02. The van der Waals surface area contributed by atoms with Gasteiger partial charge in [-0.25, -0.2) is 0 Å². The number of rotatable bonds is 3. The molecule has 0 saturated heterocycles. The standard InChI is InChI=1S/C13H13N3S/c1-3-4-9(2)16-12-7-10(8-14)5-6-11(12)15-13(16)17/h3,5-7,9H,1,4H2,2H3,(H,15,17). The highest BCUT2D eigenvalue weighted by molar-refractivity contribution is 7.71. The number of H-pyrrole nitrogens is 1. The molecule has 1 aromatic heterocycles. The molecule has 0 aliphatic heterocycles. The number of imidazole rings is 1. The van der Waals surface area contributed by atoms with Gasteiger partial charge < -0.3 is 9.55 Å². The van der Waals surface area contributed by atoms with Gasteiger partial charge >= 0.3 is 0 Å². The lowest BCUT2D eigenvalue weighted by Crippen LogP contribution is -2.03. The first kappa shape index (κ1) is 11.6. The molecule has 0 spiro atoms. The Hall–Kier alpha value is -1.86. The van der Waals surface area contributed by atoms with Crippen molar-refractivity contribution in [1.29, 1.82) is 5.26 Å². The summed E-state index contributed by atoms with van der Waals surface area (Å²) < 4.78 is 2.72. The van der Waals surface area contributed by atoms with E-state index in [1.807, 2.05) is 22.8 Å². The first-order valence-corrected chi connectivity index (χ1v) is 5.83. The summed E-state index contributed by atoms with van der Waals surface area (Å²) in [6, 6.07) is 7.92. The Morgan fingerprint density at radius 1 is 1.65 bits per heavy atom. The predicted octanol–water partition coefficient (Wildman–Crippen LogP) is 3.71. The Balaban J connectivity index is 2.69. The van der Waals surface area contributed by atoms with E-state index in [0.29, 0.717) is 10.3 Å². The van der Waals surface area contributed by atoms with E-state index >= 15 is 0 Å². The molecule has 0 saturated carbocycles. The van der Waals surface area contributed by atoms with Crippen molar-refractivity contribution in [3.05, 3.63) is 41.2 Å². The minimum atomic E-state index is 0.239. The van der Waals surface area contributed by atoms with Crippen LogP contribution in [0.2, 0.25) is 0 Å². The molecule has 2 aromatic rings. The lowest BCUT2D eigenvalue weighted by Gasteiger charge is -2.12. The summed E-state index contributed by atoms with van der Waals surface area (Å²) >= 11 is 5.31. The van der Waals surface area contributed by atoms with Crippen molar-refractivity contribution in [2.75, 3.05) is 0 Å². The van der Waals surface area contributed by atoms with Crippen molar-refractivity contribution < 1.29 is 0 Å². The minimum absolute atomic E-state index is 0.239. The second kappa shape index (κ2) is 4.56. The smallest absolute Gasteiger partial charge is 0.178 e. The monoisotopic (exact) mass is 243 g/mol. The Kier molecular flexibility index (Phi) is 3.12. The normalized spacial score (nSPS) is 12.2. The Labute approximate surface area is 105 Å². The first-order valence-electron chi connectivity index (χ1n) is 5.42. The molecule has 0 radical (unpaired) electrons. The number of hydrogen-bond donors (Lipinski definition) is 1. The average molecular weight is 243 g/mol. The summed E-state index contributed by atoms with van der Waals surface area (Å²) in [4.78, 5) is 3.15. The van der Waals surface area contributed by atoms with Crippen LogP contribution in [0, 0.1) is 16.1 Å². The van der Waals surface area contributed by atoms with E-state index in [2.05, 4.69) is 24.6 Å². The fourth-order valence-electron chi connectivity index (χ4n) is 1.98. The third-order valence-electron chi connectivity index (χ3n) is 2.80. The molecule has 0 bridgehead atoms.